The normalized spacial score (nSPS) is 18.8. The number of carbonyl (C=O) groups is 2. The van der Waals surface area contributed by atoms with Gasteiger partial charge in [0.25, 0.3) is 0 Å². The molecular weight excluding hydrogens is 265 g/mol. The van der Waals surface area contributed by atoms with Crippen molar-refractivity contribution >= 4 is 19.3 Å². The second kappa shape index (κ2) is 6.65. The lowest BCUT2D eigenvalue weighted by Gasteiger charge is -2.19. The maximum absolute atomic E-state index is 11.7. The van der Waals surface area contributed by atoms with Gasteiger partial charge in [-0.2, -0.15) is 0 Å². The first-order chi connectivity index (χ1) is 8.08. The van der Waals surface area contributed by atoms with E-state index < -0.39 is 37.4 Å². The lowest BCUT2D eigenvalue weighted by atomic mass is 10.2. The van der Waals surface area contributed by atoms with Crippen LogP contribution in [0.25, 0.3) is 0 Å². The Hall–Kier alpha value is -1.21. The zero-order valence-electron chi connectivity index (χ0n) is 9.68. The molecule has 3 atom stereocenters. The maximum Gasteiger partial charge on any atom is 0.328 e. The third-order valence-electron chi connectivity index (χ3n) is 2.22. The molecule has 0 aliphatic heterocycles. The lowest BCUT2D eigenvalue weighted by Crippen LogP contribution is -2.31. The van der Waals surface area contributed by atoms with Crippen LogP contribution < -0.4 is 5.73 Å². The summed E-state index contributed by atoms with van der Waals surface area (Å²) in [6.07, 6.45) is -0.183. The van der Waals surface area contributed by atoms with Crippen LogP contribution in [0.15, 0.2) is 11.6 Å². The SMILES string of the molecule is CC(=CC(=O)O)C(O)P(=O)(O)CC[C@H](N)C(=O)O. The average Bonchev–Trinajstić information content (AvgIpc) is 2.23. The van der Waals surface area contributed by atoms with Crippen molar-refractivity contribution in [3.63, 3.8) is 0 Å². The van der Waals surface area contributed by atoms with Gasteiger partial charge in [-0.1, -0.05) is 0 Å². The van der Waals surface area contributed by atoms with E-state index in [4.69, 9.17) is 15.9 Å². The summed E-state index contributed by atoms with van der Waals surface area (Å²) in [5, 5.41) is 26.4. The summed E-state index contributed by atoms with van der Waals surface area (Å²) in [5.41, 5.74) is 4.98. The fourth-order valence-corrected chi connectivity index (χ4v) is 2.76. The van der Waals surface area contributed by atoms with E-state index in [1.807, 2.05) is 0 Å². The highest BCUT2D eigenvalue weighted by Gasteiger charge is 2.31. The Kier molecular flexibility index (Phi) is 6.20. The summed E-state index contributed by atoms with van der Waals surface area (Å²) < 4.78 is 11.7. The predicted molar refractivity (Wildman–Crippen MR) is 62.3 cm³/mol. The number of hydrogen-bond donors (Lipinski definition) is 5. The predicted octanol–water partition coefficient (Wildman–Crippen LogP) is -0.592. The molecule has 0 bridgehead atoms. The standard InChI is InChI=1S/C9H16NO7P/c1-5(4-7(11)12)9(15)18(16,17)3-2-6(10)8(13)14/h4,6,9,15H,2-3,10H2,1H3,(H,11,12)(H,13,14)(H,16,17)/t6-,9?/m0/s1. The van der Waals surface area contributed by atoms with Gasteiger partial charge in [0.2, 0.25) is 7.37 Å². The van der Waals surface area contributed by atoms with Crippen molar-refractivity contribution in [2.75, 3.05) is 6.16 Å². The zero-order chi connectivity index (χ0) is 14.5. The Balaban J connectivity index is 4.68. The van der Waals surface area contributed by atoms with E-state index in [0.717, 1.165) is 0 Å². The molecule has 0 aliphatic carbocycles. The fraction of sp³-hybridized carbons (Fsp3) is 0.556. The van der Waals surface area contributed by atoms with Gasteiger partial charge in [-0.25, -0.2) is 4.79 Å². The molecule has 0 aliphatic rings. The molecule has 0 aromatic heterocycles. The number of aliphatic hydroxyl groups is 1. The van der Waals surface area contributed by atoms with Gasteiger partial charge < -0.3 is 25.9 Å². The first-order valence-electron chi connectivity index (χ1n) is 4.97. The minimum atomic E-state index is -4.11. The molecule has 18 heavy (non-hydrogen) atoms. The summed E-state index contributed by atoms with van der Waals surface area (Å²) in [4.78, 5) is 30.3. The number of rotatable bonds is 7. The molecule has 0 fully saturated rings. The van der Waals surface area contributed by atoms with Gasteiger partial charge in [0.1, 0.15) is 6.04 Å². The van der Waals surface area contributed by atoms with E-state index in [-0.39, 0.29) is 12.0 Å². The Morgan fingerprint density at radius 1 is 1.39 bits per heavy atom. The minimum Gasteiger partial charge on any atom is -0.480 e. The zero-order valence-corrected chi connectivity index (χ0v) is 10.6. The van der Waals surface area contributed by atoms with Crippen molar-refractivity contribution in [2.45, 2.75) is 25.2 Å². The number of nitrogens with two attached hydrogens (primary N) is 1. The molecule has 0 heterocycles. The molecular formula is C9H16NO7P. The van der Waals surface area contributed by atoms with E-state index in [9.17, 15) is 24.2 Å². The summed E-state index contributed by atoms with van der Waals surface area (Å²) in [7, 11) is -4.11. The first-order valence-corrected chi connectivity index (χ1v) is 6.88. The van der Waals surface area contributed by atoms with E-state index in [1.165, 1.54) is 6.92 Å². The van der Waals surface area contributed by atoms with Gasteiger partial charge in [-0.05, 0) is 18.9 Å². The average molecular weight is 281 g/mol. The smallest absolute Gasteiger partial charge is 0.328 e. The van der Waals surface area contributed by atoms with Gasteiger partial charge in [0.05, 0.1) is 0 Å². The van der Waals surface area contributed by atoms with Gasteiger partial charge in [-0.3, -0.25) is 9.36 Å². The topological polar surface area (TPSA) is 158 Å². The summed E-state index contributed by atoms with van der Waals surface area (Å²) in [6.45, 7) is 1.19. The maximum atomic E-state index is 11.7. The molecule has 0 radical (unpaired) electrons. The second-order valence-corrected chi connectivity index (χ2v) is 6.26. The third kappa shape index (κ3) is 5.42. The van der Waals surface area contributed by atoms with Crippen LogP contribution in [0, 0.1) is 0 Å². The minimum absolute atomic E-state index is 0.183. The molecule has 0 spiro atoms. The molecule has 0 saturated carbocycles. The quantitative estimate of drug-likeness (QED) is 0.306. The van der Waals surface area contributed by atoms with Crippen molar-refractivity contribution in [1.29, 1.82) is 0 Å². The van der Waals surface area contributed by atoms with Crippen molar-refractivity contribution in [1.82, 2.24) is 0 Å². The highest BCUT2D eigenvalue weighted by molar-refractivity contribution is 7.58. The summed E-state index contributed by atoms with van der Waals surface area (Å²) in [5.74, 6) is -4.51. The lowest BCUT2D eigenvalue weighted by molar-refractivity contribution is -0.138. The largest absolute Gasteiger partial charge is 0.480 e. The number of aliphatic carboxylic acids is 2. The van der Waals surface area contributed by atoms with Crippen LogP contribution in [0.4, 0.5) is 0 Å². The molecule has 0 aromatic rings. The van der Waals surface area contributed by atoms with Crippen molar-refractivity contribution < 1.29 is 34.4 Å². The van der Waals surface area contributed by atoms with Crippen LogP contribution in [-0.2, 0) is 14.2 Å². The molecule has 0 aromatic carbocycles. The molecule has 0 saturated heterocycles. The highest BCUT2D eigenvalue weighted by atomic mass is 31.2. The second-order valence-electron chi connectivity index (χ2n) is 3.81. The monoisotopic (exact) mass is 281 g/mol. The number of carboxylic acid groups (broad SMARTS) is 2. The Bertz CT molecular complexity index is 406. The van der Waals surface area contributed by atoms with Crippen LogP contribution in [0.5, 0.6) is 0 Å². The van der Waals surface area contributed by atoms with Crippen LogP contribution in [0.2, 0.25) is 0 Å². The van der Waals surface area contributed by atoms with Gasteiger partial charge in [-0.15, -0.1) is 0 Å². The molecule has 104 valence electrons. The van der Waals surface area contributed by atoms with Crippen molar-refractivity contribution in [2.24, 2.45) is 5.73 Å². The highest BCUT2D eigenvalue weighted by Crippen LogP contribution is 2.48. The number of carboxylic acids is 2. The van der Waals surface area contributed by atoms with E-state index in [1.54, 1.807) is 0 Å². The van der Waals surface area contributed by atoms with Crippen LogP contribution in [-0.4, -0.2) is 50.2 Å². The third-order valence-corrected chi connectivity index (χ3v) is 4.29. The fourth-order valence-electron chi connectivity index (χ4n) is 1.16. The molecule has 9 heteroatoms. The Morgan fingerprint density at radius 3 is 2.28 bits per heavy atom. The molecule has 2 unspecified atom stereocenters. The summed E-state index contributed by atoms with van der Waals surface area (Å²) >= 11 is 0. The molecule has 0 amide bonds. The van der Waals surface area contributed by atoms with Crippen molar-refractivity contribution in [3.05, 3.63) is 11.6 Å². The Labute approximate surface area is 103 Å². The van der Waals surface area contributed by atoms with Crippen LogP contribution in [0.1, 0.15) is 13.3 Å². The molecule has 8 nitrogen and oxygen atoms in total. The molecule has 0 rings (SSSR count). The van der Waals surface area contributed by atoms with E-state index in [0.29, 0.717) is 6.08 Å². The molecule has 6 N–H and O–H groups in total. The summed E-state index contributed by atoms with van der Waals surface area (Å²) in [6, 6.07) is -1.30. The first kappa shape index (κ1) is 16.8. The van der Waals surface area contributed by atoms with Crippen LogP contribution >= 0.6 is 7.37 Å². The van der Waals surface area contributed by atoms with E-state index >= 15 is 0 Å². The number of aliphatic hydroxyl groups excluding tert-OH is 1. The van der Waals surface area contributed by atoms with Gasteiger partial charge >= 0.3 is 11.9 Å². The Morgan fingerprint density at radius 2 is 1.89 bits per heavy atom. The van der Waals surface area contributed by atoms with Gasteiger partial charge in [0, 0.05) is 12.2 Å². The van der Waals surface area contributed by atoms with Crippen molar-refractivity contribution in [3.8, 4) is 0 Å². The number of hydrogen-bond acceptors (Lipinski definition) is 5. The van der Waals surface area contributed by atoms with Gasteiger partial charge in [0.15, 0.2) is 5.85 Å². The van der Waals surface area contributed by atoms with Crippen LogP contribution in [0.3, 0.4) is 0 Å². The van der Waals surface area contributed by atoms with E-state index in [2.05, 4.69) is 0 Å².